The fraction of sp³-hybridized carbons (Fsp3) is 0.300. The SMILES string of the molecule is CCCC1CCC(c2ccc(/C=C/c3cc(F)c(C(=O)Oc4cc(F)c(F)c(F)c4)c(F)c3)cc2)CC1. The summed E-state index contributed by atoms with van der Waals surface area (Å²) in [5, 5.41) is 0. The van der Waals surface area contributed by atoms with Crippen LogP contribution in [-0.2, 0) is 0 Å². The van der Waals surface area contributed by atoms with Gasteiger partial charge in [-0.2, -0.15) is 0 Å². The molecule has 0 unspecified atom stereocenters. The van der Waals surface area contributed by atoms with Crippen LogP contribution in [0.2, 0.25) is 0 Å². The first kappa shape index (κ1) is 26.6. The predicted molar refractivity (Wildman–Crippen MR) is 133 cm³/mol. The number of benzene rings is 3. The van der Waals surface area contributed by atoms with Crippen molar-refractivity contribution in [2.24, 2.45) is 5.92 Å². The van der Waals surface area contributed by atoms with Gasteiger partial charge in [-0.15, -0.1) is 0 Å². The van der Waals surface area contributed by atoms with Crippen LogP contribution in [0.3, 0.4) is 0 Å². The molecule has 37 heavy (non-hydrogen) atoms. The zero-order valence-corrected chi connectivity index (χ0v) is 20.4. The van der Waals surface area contributed by atoms with E-state index in [1.807, 2.05) is 12.1 Å². The van der Waals surface area contributed by atoms with Crippen molar-refractivity contribution in [2.75, 3.05) is 0 Å². The molecule has 0 N–H and O–H groups in total. The van der Waals surface area contributed by atoms with Gasteiger partial charge in [0.05, 0.1) is 0 Å². The van der Waals surface area contributed by atoms with E-state index in [0.717, 1.165) is 23.6 Å². The second kappa shape index (κ2) is 11.7. The molecule has 1 fully saturated rings. The first-order valence-corrected chi connectivity index (χ1v) is 12.4. The van der Waals surface area contributed by atoms with E-state index in [2.05, 4.69) is 23.8 Å². The molecule has 7 heteroatoms. The molecule has 194 valence electrons. The van der Waals surface area contributed by atoms with Crippen molar-refractivity contribution in [1.82, 2.24) is 0 Å². The monoisotopic (exact) mass is 514 g/mol. The van der Waals surface area contributed by atoms with Gasteiger partial charge in [-0.3, -0.25) is 0 Å². The number of halogens is 5. The number of hydrogen-bond acceptors (Lipinski definition) is 2. The first-order valence-electron chi connectivity index (χ1n) is 12.4. The van der Waals surface area contributed by atoms with Crippen molar-refractivity contribution in [3.8, 4) is 5.75 Å². The summed E-state index contributed by atoms with van der Waals surface area (Å²) < 4.78 is 73.5. The summed E-state index contributed by atoms with van der Waals surface area (Å²) in [5.74, 6) is -8.19. The second-order valence-electron chi connectivity index (χ2n) is 9.46. The Hall–Kier alpha value is -3.48. The summed E-state index contributed by atoms with van der Waals surface area (Å²) in [6.07, 6.45) is 10.7. The van der Waals surface area contributed by atoms with Gasteiger partial charge in [-0.25, -0.2) is 26.7 Å². The van der Waals surface area contributed by atoms with E-state index in [9.17, 15) is 26.7 Å². The minimum atomic E-state index is -1.75. The fourth-order valence-corrected chi connectivity index (χ4v) is 4.90. The fourth-order valence-electron chi connectivity index (χ4n) is 4.90. The van der Waals surface area contributed by atoms with Gasteiger partial charge >= 0.3 is 5.97 Å². The molecule has 1 aliphatic rings. The normalized spacial score (nSPS) is 17.8. The molecule has 2 nitrogen and oxygen atoms in total. The highest BCUT2D eigenvalue weighted by Crippen LogP contribution is 2.37. The van der Waals surface area contributed by atoms with Crippen molar-refractivity contribution >= 4 is 18.1 Å². The van der Waals surface area contributed by atoms with Gasteiger partial charge in [0.2, 0.25) is 0 Å². The lowest BCUT2D eigenvalue weighted by Crippen LogP contribution is -2.14. The van der Waals surface area contributed by atoms with Gasteiger partial charge in [0, 0.05) is 12.1 Å². The lowest BCUT2D eigenvalue weighted by atomic mass is 9.77. The quantitative estimate of drug-likeness (QED) is 0.104. The molecule has 4 rings (SSSR count). The molecule has 1 saturated carbocycles. The van der Waals surface area contributed by atoms with E-state index in [1.54, 1.807) is 6.08 Å². The summed E-state index contributed by atoms with van der Waals surface area (Å²) in [5.41, 5.74) is 1.30. The number of esters is 1. The Kier molecular flexibility index (Phi) is 8.41. The van der Waals surface area contributed by atoms with E-state index in [4.69, 9.17) is 0 Å². The third-order valence-electron chi connectivity index (χ3n) is 6.86. The standard InChI is InChI=1S/C30H27F5O2/c1-2-3-18-6-10-21(11-7-18)22-12-8-19(9-13-22)4-5-20-14-24(31)28(25(32)15-20)30(36)37-23-16-26(33)29(35)27(34)17-23/h4-5,8-9,12-18,21H,2-3,6-7,10-11H2,1H3/b5-4+. The molecule has 3 aromatic carbocycles. The Morgan fingerprint density at radius 2 is 1.38 bits per heavy atom. The van der Waals surface area contributed by atoms with Crippen LogP contribution in [0.1, 0.15) is 78.4 Å². The lowest BCUT2D eigenvalue weighted by Gasteiger charge is -2.28. The molecule has 0 atom stereocenters. The molecular formula is C30H27F5O2. The van der Waals surface area contributed by atoms with E-state index in [0.29, 0.717) is 18.1 Å². The van der Waals surface area contributed by atoms with Crippen molar-refractivity contribution in [3.05, 3.63) is 99.9 Å². The van der Waals surface area contributed by atoms with Gasteiger partial charge in [-0.1, -0.05) is 56.2 Å². The molecule has 0 amide bonds. The van der Waals surface area contributed by atoms with Gasteiger partial charge in [-0.05, 0) is 66.3 Å². The highest BCUT2D eigenvalue weighted by Gasteiger charge is 2.23. The van der Waals surface area contributed by atoms with E-state index >= 15 is 0 Å². The Balaban J connectivity index is 1.42. The maximum Gasteiger partial charge on any atom is 0.349 e. The Bertz CT molecular complexity index is 1250. The number of hydrogen-bond donors (Lipinski definition) is 0. The topological polar surface area (TPSA) is 26.3 Å². The lowest BCUT2D eigenvalue weighted by molar-refractivity contribution is 0.0723. The van der Waals surface area contributed by atoms with Crippen LogP contribution in [0.5, 0.6) is 5.75 Å². The zero-order chi connectivity index (χ0) is 26.5. The van der Waals surface area contributed by atoms with Gasteiger partial charge in [0.25, 0.3) is 0 Å². The maximum atomic E-state index is 14.6. The predicted octanol–water partition coefficient (Wildman–Crippen LogP) is 8.85. The average molecular weight is 515 g/mol. The van der Waals surface area contributed by atoms with E-state index in [-0.39, 0.29) is 5.56 Å². The Labute approximate surface area is 212 Å². The van der Waals surface area contributed by atoms with Gasteiger partial charge in [0.15, 0.2) is 17.5 Å². The molecule has 0 radical (unpaired) electrons. The molecule has 0 aromatic heterocycles. The van der Waals surface area contributed by atoms with Crippen LogP contribution in [0, 0.1) is 35.0 Å². The molecule has 0 heterocycles. The van der Waals surface area contributed by atoms with Gasteiger partial charge < -0.3 is 4.74 Å². The molecule has 0 saturated heterocycles. The summed E-state index contributed by atoms with van der Waals surface area (Å²) in [6.45, 7) is 2.23. The van der Waals surface area contributed by atoms with Crippen LogP contribution >= 0.6 is 0 Å². The first-order chi connectivity index (χ1) is 17.7. The van der Waals surface area contributed by atoms with Crippen molar-refractivity contribution in [1.29, 1.82) is 0 Å². The maximum absolute atomic E-state index is 14.6. The van der Waals surface area contributed by atoms with Crippen LogP contribution in [0.4, 0.5) is 22.0 Å². The third-order valence-corrected chi connectivity index (χ3v) is 6.86. The zero-order valence-electron chi connectivity index (χ0n) is 20.4. The molecule has 3 aromatic rings. The third kappa shape index (κ3) is 6.45. The van der Waals surface area contributed by atoms with E-state index < -0.39 is 46.4 Å². The average Bonchev–Trinajstić information content (AvgIpc) is 2.86. The van der Waals surface area contributed by atoms with Gasteiger partial charge in [0.1, 0.15) is 22.9 Å². The number of carbonyl (C=O) groups excluding carboxylic acids is 1. The van der Waals surface area contributed by atoms with Crippen molar-refractivity contribution in [3.63, 3.8) is 0 Å². The molecule has 0 bridgehead atoms. The minimum absolute atomic E-state index is 0.170. The minimum Gasteiger partial charge on any atom is -0.423 e. The molecular weight excluding hydrogens is 487 g/mol. The summed E-state index contributed by atoms with van der Waals surface area (Å²) in [7, 11) is 0. The van der Waals surface area contributed by atoms with Crippen LogP contribution in [-0.4, -0.2) is 5.97 Å². The van der Waals surface area contributed by atoms with Crippen molar-refractivity contribution in [2.45, 2.75) is 51.4 Å². The molecule has 0 spiro atoms. The summed E-state index contributed by atoms with van der Waals surface area (Å²) in [6, 6.07) is 10.8. The number of rotatable bonds is 7. The number of ether oxygens (including phenoxy) is 1. The largest absolute Gasteiger partial charge is 0.423 e. The summed E-state index contributed by atoms with van der Waals surface area (Å²) >= 11 is 0. The summed E-state index contributed by atoms with van der Waals surface area (Å²) in [4.78, 5) is 12.2. The number of carbonyl (C=O) groups is 1. The van der Waals surface area contributed by atoms with Crippen LogP contribution < -0.4 is 4.74 Å². The Morgan fingerprint density at radius 3 is 1.95 bits per heavy atom. The van der Waals surface area contributed by atoms with Crippen molar-refractivity contribution < 1.29 is 31.5 Å². The second-order valence-corrected chi connectivity index (χ2v) is 9.46. The molecule has 0 aliphatic heterocycles. The highest BCUT2D eigenvalue weighted by molar-refractivity contribution is 5.92. The Morgan fingerprint density at radius 1 is 0.811 bits per heavy atom. The molecule has 1 aliphatic carbocycles. The van der Waals surface area contributed by atoms with Crippen LogP contribution in [0.15, 0.2) is 48.5 Å². The van der Waals surface area contributed by atoms with Crippen LogP contribution in [0.25, 0.3) is 12.2 Å². The van der Waals surface area contributed by atoms with E-state index in [1.165, 1.54) is 50.2 Å². The highest BCUT2D eigenvalue weighted by atomic mass is 19.2. The smallest absolute Gasteiger partial charge is 0.349 e.